The first kappa shape index (κ1) is 23.0. The van der Waals surface area contributed by atoms with E-state index in [0.29, 0.717) is 0 Å². The van der Waals surface area contributed by atoms with Crippen LogP contribution in [0.2, 0.25) is 0 Å². The first-order valence-corrected chi connectivity index (χ1v) is 9.72. The maximum absolute atomic E-state index is 2.25. The van der Waals surface area contributed by atoms with Gasteiger partial charge in [-0.3, -0.25) is 0 Å². The zero-order valence-electron chi connectivity index (χ0n) is 19.1. The fourth-order valence-electron chi connectivity index (χ4n) is 3.36. The number of nitrogens with zero attached hydrogens (tertiary/aromatic N) is 2. The van der Waals surface area contributed by atoms with E-state index in [9.17, 15) is 0 Å². The van der Waals surface area contributed by atoms with Crippen molar-refractivity contribution in [2.75, 3.05) is 28.2 Å². The van der Waals surface area contributed by atoms with Gasteiger partial charge in [0, 0.05) is 36.7 Å². The molecular weight excluding hydrogens is 328 g/mol. The molecule has 0 amide bonds. The van der Waals surface area contributed by atoms with Gasteiger partial charge >= 0.3 is 0 Å². The zero-order valence-corrected chi connectivity index (χ0v) is 19.1. The van der Waals surface area contributed by atoms with Crippen LogP contribution in [0.3, 0.4) is 0 Å². The summed E-state index contributed by atoms with van der Waals surface area (Å²) in [6, 6.07) is 10.6. The van der Waals surface area contributed by atoms with Gasteiger partial charge in [0.2, 0.25) is 0 Å². The van der Waals surface area contributed by atoms with Crippen molar-refractivity contribution >= 4 is 11.3 Å². The molecule has 0 bridgehead atoms. The third-order valence-corrected chi connectivity index (χ3v) is 4.45. The summed E-state index contributed by atoms with van der Waals surface area (Å²) < 4.78 is 2.20. The van der Waals surface area contributed by atoms with Crippen LogP contribution < -0.4 is 0 Å². The molecule has 0 radical (unpaired) electrons. The van der Waals surface area contributed by atoms with E-state index in [1.54, 1.807) is 0 Å². The predicted molar refractivity (Wildman–Crippen MR) is 121 cm³/mol. The van der Waals surface area contributed by atoms with Gasteiger partial charge in [0.05, 0.1) is 0 Å². The summed E-state index contributed by atoms with van der Waals surface area (Å²) in [5, 5.41) is 0. The van der Waals surface area contributed by atoms with E-state index in [1.165, 1.54) is 22.5 Å². The SMILES string of the molecule is CN(C)/C(=C/C=C(\C=C\C(=[N+](C)C)C(C)(C)C)c1ccccc1)C(C)(C)C. The molecule has 0 fully saturated rings. The van der Waals surface area contributed by atoms with Crippen LogP contribution in [0, 0.1) is 10.8 Å². The maximum atomic E-state index is 2.25. The molecule has 0 saturated carbocycles. The summed E-state index contributed by atoms with van der Waals surface area (Å²) in [6.07, 6.45) is 8.98. The fraction of sp³-hybridized carbons (Fsp3) is 0.480. The molecule has 0 unspecified atom stereocenters. The van der Waals surface area contributed by atoms with Gasteiger partial charge in [-0.1, -0.05) is 78.0 Å². The number of hydrogen-bond acceptors (Lipinski definition) is 1. The number of hydrogen-bond donors (Lipinski definition) is 0. The molecule has 0 aromatic heterocycles. The van der Waals surface area contributed by atoms with Gasteiger partial charge in [-0.05, 0) is 23.3 Å². The molecule has 1 aromatic rings. The quantitative estimate of drug-likeness (QED) is 0.358. The minimum Gasteiger partial charge on any atom is -0.381 e. The minimum absolute atomic E-state index is 0.0951. The van der Waals surface area contributed by atoms with Gasteiger partial charge in [0.25, 0.3) is 0 Å². The normalized spacial score (nSPS) is 13.9. The van der Waals surface area contributed by atoms with Crippen LogP contribution >= 0.6 is 0 Å². The average molecular weight is 368 g/mol. The third-order valence-electron chi connectivity index (χ3n) is 4.45. The highest BCUT2D eigenvalue weighted by Crippen LogP contribution is 2.28. The number of benzene rings is 1. The molecule has 2 nitrogen and oxygen atoms in total. The van der Waals surface area contributed by atoms with Crippen LogP contribution in [0.4, 0.5) is 0 Å². The van der Waals surface area contributed by atoms with Crippen LogP contribution in [0.1, 0.15) is 47.1 Å². The molecule has 0 saturated heterocycles. The molecule has 0 atom stereocenters. The van der Waals surface area contributed by atoms with Gasteiger partial charge in [-0.2, -0.15) is 0 Å². The van der Waals surface area contributed by atoms with Crippen molar-refractivity contribution in [1.82, 2.24) is 4.90 Å². The van der Waals surface area contributed by atoms with Gasteiger partial charge < -0.3 is 4.90 Å². The Bertz CT molecular complexity index is 727. The number of rotatable bonds is 5. The monoisotopic (exact) mass is 367 g/mol. The fourth-order valence-corrected chi connectivity index (χ4v) is 3.36. The number of allylic oxidation sites excluding steroid dienone is 6. The molecule has 0 spiro atoms. The molecule has 0 aliphatic rings. The van der Waals surface area contributed by atoms with Crippen molar-refractivity contribution in [3.05, 3.63) is 65.9 Å². The topological polar surface area (TPSA) is 6.25 Å². The van der Waals surface area contributed by atoms with Crippen LogP contribution in [0.5, 0.6) is 0 Å². The average Bonchev–Trinajstić information content (AvgIpc) is 2.51. The van der Waals surface area contributed by atoms with Crippen molar-refractivity contribution in [3.8, 4) is 0 Å². The van der Waals surface area contributed by atoms with Crippen molar-refractivity contribution in [3.63, 3.8) is 0 Å². The summed E-state index contributed by atoms with van der Waals surface area (Å²) in [5.74, 6) is 0. The van der Waals surface area contributed by atoms with Gasteiger partial charge in [0.1, 0.15) is 14.1 Å². The lowest BCUT2D eigenvalue weighted by Crippen LogP contribution is -2.26. The Kier molecular flexibility index (Phi) is 7.83. The summed E-state index contributed by atoms with van der Waals surface area (Å²) in [5.41, 5.74) is 5.23. The second kappa shape index (κ2) is 9.21. The highest BCUT2D eigenvalue weighted by Gasteiger charge is 2.23. The summed E-state index contributed by atoms with van der Waals surface area (Å²) in [6.45, 7) is 13.5. The maximum Gasteiger partial charge on any atom is 0.180 e. The summed E-state index contributed by atoms with van der Waals surface area (Å²) >= 11 is 0. The molecule has 148 valence electrons. The molecule has 0 aliphatic heterocycles. The van der Waals surface area contributed by atoms with Crippen LogP contribution in [0.25, 0.3) is 5.57 Å². The highest BCUT2D eigenvalue weighted by atomic mass is 15.1. The minimum atomic E-state index is 0.0951. The lowest BCUT2D eigenvalue weighted by Gasteiger charge is -2.29. The standard InChI is InChI=1S/C25H39N2/c1-24(2,3)22(26(7)8)18-16-21(20-14-12-11-13-15-20)17-19-23(27(9)10)25(4,5)6/h11-19H,1-10H3/q+1. The molecule has 1 rings (SSSR count). The van der Waals surface area contributed by atoms with Crippen molar-refractivity contribution in [2.45, 2.75) is 41.5 Å². The Balaban J connectivity index is 3.48. The van der Waals surface area contributed by atoms with Gasteiger partial charge in [0.15, 0.2) is 5.71 Å². The molecule has 0 N–H and O–H groups in total. The van der Waals surface area contributed by atoms with E-state index < -0.39 is 0 Å². The van der Waals surface area contributed by atoms with Crippen LogP contribution in [-0.4, -0.2) is 43.4 Å². The third kappa shape index (κ3) is 7.21. The summed E-state index contributed by atoms with van der Waals surface area (Å²) in [7, 11) is 8.45. The van der Waals surface area contributed by atoms with E-state index >= 15 is 0 Å². The van der Waals surface area contributed by atoms with Crippen LogP contribution in [0.15, 0.2) is 60.3 Å². The molecule has 27 heavy (non-hydrogen) atoms. The Morgan fingerprint density at radius 1 is 0.815 bits per heavy atom. The van der Waals surface area contributed by atoms with Crippen molar-refractivity contribution in [2.24, 2.45) is 10.8 Å². The lowest BCUT2D eigenvalue weighted by atomic mass is 9.88. The van der Waals surface area contributed by atoms with Gasteiger partial charge in [-0.15, -0.1) is 0 Å². The van der Waals surface area contributed by atoms with Gasteiger partial charge in [-0.25, -0.2) is 4.58 Å². The molecular formula is C25H39N2+. The van der Waals surface area contributed by atoms with E-state index in [2.05, 4.69) is 134 Å². The second-order valence-electron chi connectivity index (χ2n) is 9.55. The van der Waals surface area contributed by atoms with E-state index in [-0.39, 0.29) is 10.8 Å². The Morgan fingerprint density at radius 2 is 1.37 bits per heavy atom. The van der Waals surface area contributed by atoms with Crippen molar-refractivity contribution in [1.29, 1.82) is 0 Å². The highest BCUT2D eigenvalue weighted by molar-refractivity contribution is 5.97. The molecule has 0 aliphatic carbocycles. The molecule has 2 heteroatoms. The Labute approximate surface area is 167 Å². The zero-order chi connectivity index (χ0) is 20.8. The Hall–Kier alpha value is -2.09. The Morgan fingerprint density at radius 3 is 1.78 bits per heavy atom. The van der Waals surface area contributed by atoms with E-state index in [1.807, 2.05) is 0 Å². The van der Waals surface area contributed by atoms with E-state index in [4.69, 9.17) is 0 Å². The van der Waals surface area contributed by atoms with E-state index in [0.717, 1.165) is 0 Å². The smallest absolute Gasteiger partial charge is 0.180 e. The molecule has 1 aromatic carbocycles. The van der Waals surface area contributed by atoms with Crippen LogP contribution in [-0.2, 0) is 0 Å². The summed E-state index contributed by atoms with van der Waals surface area (Å²) in [4.78, 5) is 2.20. The first-order chi connectivity index (χ1) is 12.3. The lowest BCUT2D eigenvalue weighted by molar-refractivity contribution is -0.467. The second-order valence-corrected chi connectivity index (χ2v) is 9.55. The largest absolute Gasteiger partial charge is 0.381 e. The predicted octanol–water partition coefficient (Wildman–Crippen LogP) is 5.88. The van der Waals surface area contributed by atoms with Crippen molar-refractivity contribution < 1.29 is 4.58 Å². The molecule has 0 heterocycles. The first-order valence-electron chi connectivity index (χ1n) is 9.72.